The molecule has 204 valence electrons. The van der Waals surface area contributed by atoms with Gasteiger partial charge in [0.15, 0.2) is 0 Å². The van der Waals surface area contributed by atoms with Crippen molar-refractivity contribution < 1.29 is 37.4 Å². The predicted molar refractivity (Wildman–Crippen MR) is 132 cm³/mol. The fraction of sp³-hybridized carbons (Fsp3) is 0.481. The van der Waals surface area contributed by atoms with Crippen molar-refractivity contribution in [2.45, 2.75) is 51.6 Å². The Morgan fingerprint density at radius 1 is 1.11 bits per heavy atom. The summed E-state index contributed by atoms with van der Waals surface area (Å²) in [6.07, 6.45) is 1.11. The van der Waals surface area contributed by atoms with E-state index in [0.717, 1.165) is 50.1 Å². The van der Waals surface area contributed by atoms with Gasteiger partial charge in [-0.15, -0.1) is 0 Å². The molecule has 2 amide bonds. The van der Waals surface area contributed by atoms with Crippen LogP contribution in [0.3, 0.4) is 0 Å². The summed E-state index contributed by atoms with van der Waals surface area (Å²) >= 11 is 0. The average molecular weight is 534 g/mol. The van der Waals surface area contributed by atoms with Crippen LogP contribution < -0.4 is 9.64 Å². The lowest BCUT2D eigenvalue weighted by Gasteiger charge is -2.32. The number of carbonyl (C=O) groups is 3. The summed E-state index contributed by atoms with van der Waals surface area (Å²) in [4.78, 5) is 45.5. The van der Waals surface area contributed by atoms with Gasteiger partial charge in [-0.05, 0) is 74.8 Å². The molecule has 2 aromatic rings. The number of aromatic carboxylic acids is 1. The van der Waals surface area contributed by atoms with Gasteiger partial charge in [-0.25, -0.2) is 9.78 Å². The second-order valence-electron chi connectivity index (χ2n) is 9.91. The molecule has 8 nitrogen and oxygen atoms in total. The average Bonchev–Trinajstić information content (AvgIpc) is 3.42. The molecule has 1 aliphatic heterocycles. The van der Waals surface area contributed by atoms with Crippen LogP contribution in [0.5, 0.6) is 11.6 Å². The standard InChI is InChI=1S/C27H30F3N3O5/c1-17-6-8-18(9-7-17)25(35)33(16-23(34)32-13-2-3-14-32)22-11-10-19(15-20(22)26(36)37)38-24-21(27(28,29)30)5-4-12-31-24/h4-5,10-12,15,17-18H,2-3,6-9,13-14,16H2,1H3,(H,36,37)/t17-,18-. The Labute approximate surface area is 218 Å². The molecule has 0 unspecified atom stereocenters. The Kier molecular flexibility index (Phi) is 8.23. The first-order valence-electron chi connectivity index (χ1n) is 12.7. The molecular formula is C27H30F3N3O5. The van der Waals surface area contributed by atoms with Crippen molar-refractivity contribution in [3.05, 3.63) is 47.7 Å². The Hall–Kier alpha value is -3.63. The summed E-state index contributed by atoms with van der Waals surface area (Å²) in [6.45, 7) is 2.95. The quantitative estimate of drug-likeness (QED) is 0.514. The van der Waals surface area contributed by atoms with Gasteiger partial charge in [-0.1, -0.05) is 6.92 Å². The number of hydrogen-bond acceptors (Lipinski definition) is 5. The van der Waals surface area contributed by atoms with Gasteiger partial charge in [0.25, 0.3) is 0 Å². The van der Waals surface area contributed by atoms with Crippen molar-refractivity contribution in [1.29, 1.82) is 0 Å². The second-order valence-corrected chi connectivity index (χ2v) is 9.91. The van der Waals surface area contributed by atoms with E-state index in [-0.39, 0.29) is 41.3 Å². The van der Waals surface area contributed by atoms with E-state index in [1.165, 1.54) is 17.0 Å². The summed E-state index contributed by atoms with van der Waals surface area (Å²) in [5.74, 6) is -2.80. The van der Waals surface area contributed by atoms with E-state index in [4.69, 9.17) is 4.74 Å². The first-order valence-corrected chi connectivity index (χ1v) is 12.7. The second kappa shape index (κ2) is 11.4. The van der Waals surface area contributed by atoms with Crippen LogP contribution >= 0.6 is 0 Å². The van der Waals surface area contributed by atoms with E-state index < -0.39 is 23.6 Å². The van der Waals surface area contributed by atoms with Crippen LogP contribution in [0.15, 0.2) is 36.5 Å². The number of hydrogen-bond donors (Lipinski definition) is 1. The molecule has 1 aromatic carbocycles. The van der Waals surface area contributed by atoms with Crippen LogP contribution in [0.2, 0.25) is 0 Å². The molecule has 38 heavy (non-hydrogen) atoms. The van der Waals surface area contributed by atoms with E-state index in [9.17, 15) is 32.7 Å². The van der Waals surface area contributed by atoms with Crippen LogP contribution in [-0.4, -0.2) is 52.4 Å². The lowest BCUT2D eigenvalue weighted by atomic mass is 9.82. The van der Waals surface area contributed by atoms with Gasteiger partial charge in [0.2, 0.25) is 17.7 Å². The Morgan fingerprint density at radius 3 is 2.42 bits per heavy atom. The molecule has 0 atom stereocenters. The van der Waals surface area contributed by atoms with Crippen molar-refractivity contribution >= 4 is 23.5 Å². The van der Waals surface area contributed by atoms with Gasteiger partial charge in [-0.2, -0.15) is 13.2 Å². The number of anilines is 1. The third-order valence-corrected chi connectivity index (χ3v) is 7.16. The number of pyridine rings is 1. The maximum Gasteiger partial charge on any atom is 0.421 e. The summed E-state index contributed by atoms with van der Waals surface area (Å²) < 4.78 is 45.5. The molecule has 0 spiro atoms. The van der Waals surface area contributed by atoms with Crippen molar-refractivity contribution in [3.63, 3.8) is 0 Å². The third kappa shape index (κ3) is 6.25. The lowest BCUT2D eigenvalue weighted by molar-refractivity contribution is -0.139. The number of alkyl halides is 3. The number of benzene rings is 1. The van der Waals surface area contributed by atoms with Gasteiger partial charge < -0.3 is 19.6 Å². The Bertz CT molecular complexity index is 1190. The van der Waals surface area contributed by atoms with Crippen LogP contribution in [0, 0.1) is 11.8 Å². The molecule has 1 aromatic heterocycles. The smallest absolute Gasteiger partial charge is 0.421 e. The summed E-state index contributed by atoms with van der Waals surface area (Å²) in [6, 6.07) is 5.56. The topological polar surface area (TPSA) is 100 Å². The van der Waals surface area contributed by atoms with E-state index >= 15 is 0 Å². The van der Waals surface area contributed by atoms with E-state index in [1.807, 2.05) is 0 Å². The third-order valence-electron chi connectivity index (χ3n) is 7.16. The van der Waals surface area contributed by atoms with Crippen LogP contribution in [-0.2, 0) is 15.8 Å². The zero-order chi connectivity index (χ0) is 27.4. The molecule has 0 bridgehead atoms. The summed E-state index contributed by atoms with van der Waals surface area (Å²) in [7, 11) is 0. The molecule has 1 saturated heterocycles. The Balaban J connectivity index is 1.68. The molecule has 1 aliphatic carbocycles. The summed E-state index contributed by atoms with van der Waals surface area (Å²) in [5.41, 5.74) is -1.47. The zero-order valence-electron chi connectivity index (χ0n) is 21.0. The van der Waals surface area contributed by atoms with Gasteiger partial charge in [0.05, 0.1) is 11.3 Å². The number of carboxylic acid groups (broad SMARTS) is 1. The van der Waals surface area contributed by atoms with Crippen molar-refractivity contribution in [1.82, 2.24) is 9.88 Å². The highest BCUT2D eigenvalue weighted by Gasteiger charge is 2.36. The number of nitrogens with zero attached hydrogens (tertiary/aromatic N) is 3. The first-order chi connectivity index (χ1) is 18.0. The SMILES string of the molecule is C[C@H]1CC[C@H](C(=O)N(CC(=O)N2CCCC2)c2ccc(Oc3ncccc3C(F)(F)F)cc2C(=O)O)CC1. The normalized spacial score (nSPS) is 19.7. The predicted octanol–water partition coefficient (Wildman–Crippen LogP) is 5.37. The number of rotatable bonds is 7. The van der Waals surface area contributed by atoms with Crippen molar-refractivity contribution in [2.75, 3.05) is 24.5 Å². The molecule has 2 fully saturated rings. The zero-order valence-corrected chi connectivity index (χ0v) is 21.0. The minimum Gasteiger partial charge on any atom is -0.478 e. The maximum atomic E-state index is 13.7. The highest BCUT2D eigenvalue weighted by Crippen LogP contribution is 2.38. The van der Waals surface area contributed by atoms with Gasteiger partial charge in [0.1, 0.15) is 17.9 Å². The van der Waals surface area contributed by atoms with Crippen molar-refractivity contribution in [2.24, 2.45) is 11.8 Å². The number of ether oxygens (including phenoxy) is 1. The number of aromatic nitrogens is 1. The van der Waals surface area contributed by atoms with E-state index in [1.54, 1.807) is 4.90 Å². The fourth-order valence-electron chi connectivity index (χ4n) is 5.00. The first kappa shape index (κ1) is 27.4. The van der Waals surface area contributed by atoms with Gasteiger partial charge in [-0.3, -0.25) is 9.59 Å². The molecule has 11 heteroatoms. The van der Waals surface area contributed by atoms with E-state index in [0.29, 0.717) is 31.8 Å². The monoisotopic (exact) mass is 533 g/mol. The molecule has 4 rings (SSSR count). The van der Waals surface area contributed by atoms with Crippen LogP contribution in [0.4, 0.5) is 18.9 Å². The van der Waals surface area contributed by atoms with Gasteiger partial charge in [0, 0.05) is 25.2 Å². The lowest BCUT2D eigenvalue weighted by Crippen LogP contribution is -2.45. The number of halogens is 3. The molecule has 2 aliphatic rings. The molecular weight excluding hydrogens is 503 g/mol. The minimum absolute atomic E-state index is 0.00177. The number of carboxylic acids is 1. The highest BCUT2D eigenvalue weighted by molar-refractivity contribution is 6.05. The van der Waals surface area contributed by atoms with Crippen molar-refractivity contribution in [3.8, 4) is 11.6 Å². The Morgan fingerprint density at radius 2 is 1.79 bits per heavy atom. The van der Waals surface area contributed by atoms with Crippen LogP contribution in [0.1, 0.15) is 61.4 Å². The minimum atomic E-state index is -4.73. The highest BCUT2D eigenvalue weighted by atomic mass is 19.4. The molecule has 0 radical (unpaired) electrons. The molecule has 1 saturated carbocycles. The largest absolute Gasteiger partial charge is 0.478 e. The van der Waals surface area contributed by atoms with Gasteiger partial charge >= 0.3 is 12.1 Å². The maximum absolute atomic E-state index is 13.7. The number of likely N-dealkylation sites (tertiary alicyclic amines) is 1. The number of amides is 2. The van der Waals surface area contributed by atoms with E-state index in [2.05, 4.69) is 11.9 Å². The van der Waals surface area contributed by atoms with Crippen LogP contribution in [0.25, 0.3) is 0 Å². The fourth-order valence-corrected chi connectivity index (χ4v) is 5.00. The molecule has 1 N–H and O–H groups in total. The molecule has 2 heterocycles. The summed E-state index contributed by atoms with van der Waals surface area (Å²) in [5, 5.41) is 9.98. The number of carbonyl (C=O) groups excluding carboxylic acids is 2.